The number of hydrogen-bond donors (Lipinski definition) is 0. The molecule has 1 aliphatic rings. The van der Waals surface area contributed by atoms with E-state index in [1.54, 1.807) is 11.1 Å². The molecule has 0 spiro atoms. The number of fused-ring (bicyclic) bond motifs is 1. The molecule has 2 aromatic heterocycles. The molecule has 1 amide bonds. The minimum atomic E-state index is -0.0456. The van der Waals surface area contributed by atoms with Crippen LogP contribution >= 0.6 is 11.6 Å². The van der Waals surface area contributed by atoms with Crippen LogP contribution in [0.15, 0.2) is 73.1 Å². The van der Waals surface area contributed by atoms with Gasteiger partial charge in [-0.05, 0) is 60.9 Å². The van der Waals surface area contributed by atoms with Gasteiger partial charge in [0, 0.05) is 29.0 Å². The molecule has 6 heteroatoms. The Hall–Kier alpha value is -3.44. The zero-order valence-electron chi connectivity index (χ0n) is 17.3. The van der Waals surface area contributed by atoms with Crippen LogP contribution in [0.1, 0.15) is 35.8 Å². The van der Waals surface area contributed by atoms with Crippen molar-refractivity contribution >= 4 is 23.3 Å². The molecule has 0 fully saturated rings. The summed E-state index contributed by atoms with van der Waals surface area (Å²) in [6.45, 7) is 4.71. The van der Waals surface area contributed by atoms with Crippen molar-refractivity contribution in [2.24, 2.45) is 0 Å². The van der Waals surface area contributed by atoms with E-state index in [2.05, 4.69) is 23.4 Å². The summed E-state index contributed by atoms with van der Waals surface area (Å²) in [6, 6.07) is 19.6. The topological polar surface area (TPSA) is 51.0 Å². The van der Waals surface area contributed by atoms with Crippen LogP contribution in [0.5, 0.6) is 0 Å². The first-order valence-electron chi connectivity index (χ1n) is 10.2. The van der Waals surface area contributed by atoms with Crippen molar-refractivity contribution in [1.29, 1.82) is 0 Å². The zero-order valence-corrected chi connectivity index (χ0v) is 18.0. The van der Waals surface area contributed by atoms with Crippen LogP contribution in [-0.4, -0.2) is 20.4 Å². The number of hydrogen-bond acceptors (Lipinski definition) is 3. The Balaban J connectivity index is 1.48. The molecule has 0 atom stereocenters. The summed E-state index contributed by atoms with van der Waals surface area (Å²) < 4.78 is 2.07. The minimum absolute atomic E-state index is 0.0456. The predicted molar refractivity (Wildman–Crippen MR) is 123 cm³/mol. The van der Waals surface area contributed by atoms with Gasteiger partial charge in [-0.3, -0.25) is 9.69 Å². The first-order valence-corrected chi connectivity index (χ1v) is 10.6. The highest BCUT2D eigenvalue weighted by Gasteiger charge is 2.30. The van der Waals surface area contributed by atoms with Gasteiger partial charge in [0.05, 0.1) is 6.54 Å². The molecule has 0 unspecified atom stereocenters. The monoisotopic (exact) mass is 428 g/mol. The van der Waals surface area contributed by atoms with Gasteiger partial charge in [-0.1, -0.05) is 41.9 Å². The highest BCUT2D eigenvalue weighted by molar-refractivity contribution is 6.30. The highest BCUT2D eigenvalue weighted by atomic mass is 35.5. The molecule has 0 saturated carbocycles. The van der Waals surface area contributed by atoms with Crippen molar-refractivity contribution < 1.29 is 4.79 Å². The Morgan fingerprint density at radius 1 is 1.00 bits per heavy atom. The van der Waals surface area contributed by atoms with Gasteiger partial charge in [0.25, 0.3) is 5.91 Å². The van der Waals surface area contributed by atoms with Crippen molar-refractivity contribution in [3.05, 3.63) is 89.2 Å². The van der Waals surface area contributed by atoms with Crippen LogP contribution in [0.25, 0.3) is 22.6 Å². The lowest BCUT2D eigenvalue weighted by Crippen LogP contribution is -2.24. The first kappa shape index (κ1) is 19.5. The van der Waals surface area contributed by atoms with Crippen LogP contribution < -0.4 is 4.90 Å². The summed E-state index contributed by atoms with van der Waals surface area (Å²) in [5.74, 6) is 1.38. The fourth-order valence-electron chi connectivity index (χ4n) is 3.96. The standard InChI is InChI=1S/C25H21ClN4O/c1-16(2)29-12-11-27-24(29)22-7-4-8-23(28-22)30-15-19-10-9-18(14-21(19)25(30)31)17-5-3-6-20(26)13-17/h3-14,16H,15H2,1-2H3. The first-order chi connectivity index (χ1) is 15.0. The van der Waals surface area contributed by atoms with E-state index < -0.39 is 0 Å². The Kier molecular flexibility index (Phi) is 4.83. The fraction of sp³-hybridized carbons (Fsp3) is 0.160. The molecule has 154 valence electrons. The third kappa shape index (κ3) is 3.51. The summed E-state index contributed by atoms with van der Waals surface area (Å²) in [5, 5.41) is 0.673. The lowest BCUT2D eigenvalue weighted by atomic mass is 10.0. The lowest BCUT2D eigenvalue weighted by molar-refractivity contribution is 0.0996. The van der Waals surface area contributed by atoms with Crippen LogP contribution in [0.2, 0.25) is 5.02 Å². The van der Waals surface area contributed by atoms with E-state index in [0.717, 1.165) is 28.2 Å². The van der Waals surface area contributed by atoms with E-state index in [1.807, 2.05) is 66.9 Å². The zero-order chi connectivity index (χ0) is 21.5. The maximum Gasteiger partial charge on any atom is 0.260 e. The molecule has 0 saturated heterocycles. The number of carbonyl (C=O) groups excluding carboxylic acids is 1. The summed E-state index contributed by atoms with van der Waals surface area (Å²) >= 11 is 6.14. The molecule has 0 bridgehead atoms. The lowest BCUT2D eigenvalue weighted by Gasteiger charge is -2.16. The minimum Gasteiger partial charge on any atom is -0.327 e. The van der Waals surface area contributed by atoms with Crippen molar-refractivity contribution in [2.75, 3.05) is 4.90 Å². The van der Waals surface area contributed by atoms with E-state index in [1.165, 1.54) is 0 Å². The quantitative estimate of drug-likeness (QED) is 0.400. The SMILES string of the molecule is CC(C)n1ccnc1-c1cccc(N2Cc3ccc(-c4cccc(Cl)c4)cc3C2=O)n1. The Labute approximate surface area is 186 Å². The fourth-order valence-corrected chi connectivity index (χ4v) is 4.15. The molecule has 1 aliphatic heterocycles. The highest BCUT2D eigenvalue weighted by Crippen LogP contribution is 2.32. The summed E-state index contributed by atoms with van der Waals surface area (Å²) in [6.07, 6.45) is 3.72. The number of aromatic nitrogens is 3. The Morgan fingerprint density at radius 3 is 2.61 bits per heavy atom. The summed E-state index contributed by atoms with van der Waals surface area (Å²) in [7, 11) is 0. The second-order valence-corrected chi connectivity index (χ2v) is 8.34. The number of anilines is 1. The second kappa shape index (κ2) is 7.67. The molecule has 0 N–H and O–H groups in total. The summed E-state index contributed by atoms with van der Waals surface area (Å²) in [4.78, 5) is 24.2. The van der Waals surface area contributed by atoms with Gasteiger partial charge >= 0.3 is 0 Å². The number of amides is 1. The Morgan fingerprint density at radius 2 is 1.81 bits per heavy atom. The number of rotatable bonds is 4. The van der Waals surface area contributed by atoms with E-state index in [-0.39, 0.29) is 11.9 Å². The van der Waals surface area contributed by atoms with Crippen LogP contribution in [0.4, 0.5) is 5.82 Å². The molecule has 0 aliphatic carbocycles. The Bertz CT molecular complexity index is 1290. The molecule has 3 heterocycles. The normalized spacial score (nSPS) is 13.2. The molecule has 2 aromatic carbocycles. The number of benzene rings is 2. The van der Waals surface area contributed by atoms with Crippen LogP contribution in [0.3, 0.4) is 0 Å². The van der Waals surface area contributed by atoms with E-state index >= 15 is 0 Å². The van der Waals surface area contributed by atoms with Gasteiger partial charge in [-0.25, -0.2) is 9.97 Å². The summed E-state index contributed by atoms with van der Waals surface area (Å²) in [5.41, 5.74) is 4.40. The average Bonchev–Trinajstić information content (AvgIpc) is 3.39. The third-order valence-corrected chi connectivity index (χ3v) is 5.77. The van der Waals surface area contributed by atoms with E-state index in [9.17, 15) is 4.79 Å². The van der Waals surface area contributed by atoms with Gasteiger partial charge < -0.3 is 4.57 Å². The van der Waals surface area contributed by atoms with Gasteiger partial charge in [0.15, 0.2) is 5.82 Å². The molecule has 0 radical (unpaired) electrons. The number of nitrogens with zero attached hydrogens (tertiary/aromatic N) is 4. The van der Waals surface area contributed by atoms with Crippen molar-refractivity contribution in [1.82, 2.24) is 14.5 Å². The number of imidazole rings is 1. The smallest absolute Gasteiger partial charge is 0.260 e. The third-order valence-electron chi connectivity index (χ3n) is 5.54. The molecular weight excluding hydrogens is 408 g/mol. The predicted octanol–water partition coefficient (Wildman–Crippen LogP) is 6.01. The van der Waals surface area contributed by atoms with Crippen molar-refractivity contribution in [3.63, 3.8) is 0 Å². The van der Waals surface area contributed by atoms with E-state index in [0.29, 0.717) is 22.9 Å². The molecular formula is C25H21ClN4O. The largest absolute Gasteiger partial charge is 0.327 e. The van der Waals surface area contributed by atoms with E-state index in [4.69, 9.17) is 16.6 Å². The van der Waals surface area contributed by atoms with Crippen molar-refractivity contribution in [3.8, 4) is 22.6 Å². The molecule has 5 nitrogen and oxygen atoms in total. The van der Waals surface area contributed by atoms with Gasteiger partial charge in [-0.15, -0.1) is 0 Å². The van der Waals surface area contributed by atoms with Crippen molar-refractivity contribution in [2.45, 2.75) is 26.4 Å². The maximum absolute atomic E-state index is 13.3. The second-order valence-electron chi connectivity index (χ2n) is 7.91. The molecule has 4 aromatic rings. The number of pyridine rings is 1. The van der Waals surface area contributed by atoms with Gasteiger partial charge in [-0.2, -0.15) is 0 Å². The van der Waals surface area contributed by atoms with Crippen LogP contribution in [-0.2, 0) is 6.54 Å². The molecule has 31 heavy (non-hydrogen) atoms. The number of halogens is 1. The van der Waals surface area contributed by atoms with Gasteiger partial charge in [0.1, 0.15) is 11.5 Å². The van der Waals surface area contributed by atoms with Crippen LogP contribution in [0, 0.1) is 0 Å². The average molecular weight is 429 g/mol. The number of carbonyl (C=O) groups is 1. The maximum atomic E-state index is 13.3. The van der Waals surface area contributed by atoms with Gasteiger partial charge in [0.2, 0.25) is 0 Å². The molecule has 5 rings (SSSR count).